The largest absolute Gasteiger partial charge is 0.334 e. The van der Waals surface area contributed by atoms with Gasteiger partial charge in [-0.05, 0) is 23.8 Å². The van der Waals surface area contributed by atoms with Crippen molar-refractivity contribution < 1.29 is 11.9 Å². The summed E-state index contributed by atoms with van der Waals surface area (Å²) in [6, 6.07) is 10.3. The lowest BCUT2D eigenvalue weighted by atomic mass is 10.1. The van der Waals surface area contributed by atoms with Gasteiger partial charge < -0.3 is 4.57 Å². The minimum absolute atomic E-state index is 0.0179. The summed E-state index contributed by atoms with van der Waals surface area (Å²) in [5.74, 6) is -1.46. The minimum Gasteiger partial charge on any atom is -0.334 e. The summed E-state index contributed by atoms with van der Waals surface area (Å²) >= 11 is 0. The number of hydrogen-bond acceptors (Lipinski definition) is 4. The average Bonchev–Trinajstić information content (AvgIpc) is 3.13. The molecule has 0 bridgehead atoms. The topological polar surface area (TPSA) is 72.7 Å². The zero-order valence-corrected chi connectivity index (χ0v) is 14.3. The van der Waals surface area contributed by atoms with Gasteiger partial charge in [-0.3, -0.25) is 10.1 Å². The number of aromatic nitrogens is 4. The molecule has 2 heterocycles. The molecule has 1 N–H and O–H groups in total. The Hall–Kier alpha value is -3.61. The molecule has 0 spiro atoms. The maximum atomic E-state index is 13.1. The van der Waals surface area contributed by atoms with E-state index in [-0.39, 0.29) is 11.5 Å². The minimum atomic E-state index is -2.37. The number of rotatable bonds is 4. The summed E-state index contributed by atoms with van der Waals surface area (Å²) in [7, 11) is 1.88. The third-order valence-electron chi connectivity index (χ3n) is 4.02. The molecule has 0 atom stereocenters. The lowest BCUT2D eigenvalue weighted by Crippen LogP contribution is -2.16. The quantitative estimate of drug-likeness (QED) is 0.603. The van der Waals surface area contributed by atoms with E-state index >= 15 is 0 Å². The average molecular weight is 363 g/mol. The lowest BCUT2D eigenvalue weighted by Gasteiger charge is -2.07. The number of carbonyl (C=O) groups is 1. The molecule has 2 aromatic heterocycles. The molecule has 6 nitrogen and oxygen atoms in total. The number of nitrogens with zero attached hydrogens (tertiary/aromatic N) is 4. The fourth-order valence-corrected chi connectivity index (χ4v) is 2.68. The Bertz CT molecular complexity index is 1210. The van der Waals surface area contributed by atoms with Crippen LogP contribution in [0.3, 0.4) is 0 Å². The number of halogens is 1. The van der Waals surface area contributed by atoms with Crippen LogP contribution < -0.4 is 5.32 Å². The molecule has 0 fully saturated rings. The third kappa shape index (κ3) is 3.67. The summed E-state index contributed by atoms with van der Waals surface area (Å²) in [6.07, 6.45) is 2.62. The number of carbonyl (C=O) groups excluding carboxylic acids is 1. The van der Waals surface area contributed by atoms with Gasteiger partial charge in [-0.2, -0.15) is 0 Å². The van der Waals surface area contributed by atoms with Crippen LogP contribution in [0.4, 0.5) is 10.3 Å². The normalized spacial score (nSPS) is 12.5. The van der Waals surface area contributed by atoms with Gasteiger partial charge in [0.2, 0.25) is 11.9 Å². The highest BCUT2D eigenvalue weighted by atomic mass is 19.1. The van der Waals surface area contributed by atoms with Crippen LogP contribution in [0.5, 0.6) is 0 Å². The Morgan fingerprint density at radius 2 is 2.04 bits per heavy atom. The predicted molar refractivity (Wildman–Crippen MR) is 100 cm³/mol. The van der Waals surface area contributed by atoms with Gasteiger partial charge in [-0.1, -0.05) is 24.3 Å². The van der Waals surface area contributed by atoms with Crippen molar-refractivity contribution in [2.75, 3.05) is 5.32 Å². The zero-order valence-electron chi connectivity index (χ0n) is 16.3. The van der Waals surface area contributed by atoms with Crippen molar-refractivity contribution in [3.63, 3.8) is 0 Å². The fraction of sp³-hybridized carbons (Fsp3) is 0.100. The van der Waals surface area contributed by atoms with Gasteiger partial charge in [0, 0.05) is 26.9 Å². The van der Waals surface area contributed by atoms with Crippen LogP contribution in [0.15, 0.2) is 61.2 Å². The van der Waals surface area contributed by atoms with Crippen molar-refractivity contribution in [2.45, 2.75) is 6.37 Å². The summed E-state index contributed by atoms with van der Waals surface area (Å²) in [5, 5.41) is 3.18. The molecule has 0 saturated heterocycles. The number of nitrogens with one attached hydrogen (secondary N) is 1. The second-order valence-electron chi connectivity index (χ2n) is 5.94. The highest BCUT2D eigenvalue weighted by molar-refractivity contribution is 5.92. The second kappa shape index (κ2) is 6.95. The molecule has 0 aliphatic carbocycles. The van der Waals surface area contributed by atoms with Crippen molar-refractivity contribution >= 4 is 22.8 Å². The smallest absolute Gasteiger partial charge is 0.231 e. The van der Waals surface area contributed by atoms with Gasteiger partial charge in [0.1, 0.15) is 5.82 Å². The van der Waals surface area contributed by atoms with Crippen molar-refractivity contribution in [1.82, 2.24) is 19.5 Å². The van der Waals surface area contributed by atoms with E-state index in [1.807, 2.05) is 29.8 Å². The molecule has 134 valence electrons. The first-order valence-electron chi connectivity index (χ1n) is 9.15. The van der Waals surface area contributed by atoms with Gasteiger partial charge in [0.05, 0.1) is 30.1 Å². The van der Waals surface area contributed by atoms with Gasteiger partial charge in [-0.25, -0.2) is 19.3 Å². The van der Waals surface area contributed by atoms with Crippen LogP contribution in [0.25, 0.3) is 22.2 Å². The highest BCUT2D eigenvalue weighted by Gasteiger charge is 2.09. The number of hydrogen-bond donors (Lipinski definition) is 1. The Morgan fingerprint density at radius 3 is 2.78 bits per heavy atom. The molecule has 27 heavy (non-hydrogen) atoms. The van der Waals surface area contributed by atoms with Gasteiger partial charge >= 0.3 is 0 Å². The summed E-state index contributed by atoms with van der Waals surface area (Å²) in [4.78, 5) is 25.0. The molecule has 0 aliphatic rings. The maximum absolute atomic E-state index is 13.1. The molecule has 0 radical (unpaired) electrons. The summed E-state index contributed by atoms with van der Waals surface area (Å²) < 4.78 is 31.1. The molecular weight excluding hydrogens is 345 g/mol. The monoisotopic (exact) mass is 363 g/mol. The van der Waals surface area contributed by atoms with Crippen LogP contribution in [-0.2, 0) is 18.2 Å². The first-order valence-corrected chi connectivity index (χ1v) is 8.15. The van der Waals surface area contributed by atoms with Crippen LogP contribution >= 0.6 is 0 Å². The molecular formula is C20H16FN5O. The lowest BCUT2D eigenvalue weighted by molar-refractivity contribution is -0.115. The van der Waals surface area contributed by atoms with E-state index in [2.05, 4.69) is 20.3 Å². The van der Waals surface area contributed by atoms with E-state index in [1.54, 1.807) is 18.7 Å². The van der Waals surface area contributed by atoms with E-state index < -0.39 is 18.1 Å². The number of amides is 1. The van der Waals surface area contributed by atoms with E-state index in [0.717, 1.165) is 28.8 Å². The molecule has 7 heteroatoms. The van der Waals surface area contributed by atoms with Crippen molar-refractivity contribution in [2.24, 2.45) is 7.05 Å². The number of anilines is 1. The first kappa shape index (κ1) is 14.5. The molecule has 0 unspecified atom stereocenters. The summed E-state index contributed by atoms with van der Waals surface area (Å²) in [6.45, 7) is 0. The predicted octanol–water partition coefficient (Wildman–Crippen LogP) is 3.35. The van der Waals surface area contributed by atoms with Gasteiger partial charge in [-0.15, -0.1) is 0 Å². The molecule has 2 aromatic carbocycles. The number of benzene rings is 2. The van der Waals surface area contributed by atoms with Crippen molar-refractivity contribution in [3.8, 4) is 11.3 Å². The van der Waals surface area contributed by atoms with E-state index in [4.69, 9.17) is 2.74 Å². The first-order chi connectivity index (χ1) is 13.8. The second-order valence-corrected chi connectivity index (χ2v) is 5.94. The van der Waals surface area contributed by atoms with Crippen LogP contribution in [0, 0.1) is 5.82 Å². The SMILES string of the molecule is [2H]C([2H])(C(=O)Nc1ncc2ccc(-c3cncn3C)cc2n1)c1ccc(F)cc1. The Labute approximate surface area is 157 Å². The van der Waals surface area contributed by atoms with E-state index in [9.17, 15) is 9.18 Å². The number of imidazole rings is 1. The number of aryl methyl sites for hydroxylation is 1. The molecule has 4 rings (SSSR count). The van der Waals surface area contributed by atoms with Gasteiger partial charge in [0.25, 0.3) is 0 Å². The Morgan fingerprint density at radius 1 is 1.22 bits per heavy atom. The van der Waals surface area contributed by atoms with Crippen LogP contribution in [0.1, 0.15) is 8.30 Å². The summed E-state index contributed by atoms with van der Waals surface area (Å²) in [5.41, 5.74) is 2.44. The highest BCUT2D eigenvalue weighted by Crippen LogP contribution is 2.23. The van der Waals surface area contributed by atoms with Crippen molar-refractivity contribution in [3.05, 3.63) is 72.6 Å². The van der Waals surface area contributed by atoms with E-state index in [0.29, 0.717) is 5.52 Å². The van der Waals surface area contributed by atoms with Crippen LogP contribution in [-0.4, -0.2) is 25.4 Å². The maximum Gasteiger partial charge on any atom is 0.231 e. The Balaban J connectivity index is 1.63. The van der Waals surface area contributed by atoms with E-state index in [1.165, 1.54) is 12.1 Å². The van der Waals surface area contributed by atoms with Gasteiger partial charge in [0.15, 0.2) is 0 Å². The zero-order chi connectivity index (χ0) is 20.6. The molecule has 1 amide bonds. The third-order valence-corrected chi connectivity index (χ3v) is 4.02. The Kier molecular flexibility index (Phi) is 3.75. The van der Waals surface area contributed by atoms with Crippen LogP contribution in [0.2, 0.25) is 0 Å². The number of fused-ring (bicyclic) bond motifs is 1. The molecule has 0 aliphatic heterocycles. The molecule has 0 saturated carbocycles. The molecule has 4 aromatic rings. The standard InChI is InChI=1S/C20H16FN5O/c1-26-12-22-11-18(26)14-4-5-15-10-23-20(24-17(15)9-14)25-19(27)8-13-2-6-16(21)7-3-13/h2-7,9-12H,8H2,1H3,(H,23,24,25,27)/i8D2. The fourth-order valence-electron chi connectivity index (χ4n) is 2.68. The van der Waals surface area contributed by atoms with Crippen molar-refractivity contribution in [1.29, 1.82) is 0 Å².